The number of ether oxygens (including phenoxy) is 1. The monoisotopic (exact) mass is 521 g/mol. The lowest BCUT2D eigenvalue weighted by Gasteiger charge is -2.30. The third kappa shape index (κ3) is 6.98. The Hall–Kier alpha value is -2.51. The highest BCUT2D eigenvalue weighted by molar-refractivity contribution is 7.80. The topological polar surface area (TPSA) is 62.4 Å². The van der Waals surface area contributed by atoms with E-state index in [1.807, 2.05) is 72.8 Å². The van der Waals surface area contributed by atoms with Crippen LogP contribution in [0.4, 0.5) is 5.69 Å². The summed E-state index contributed by atoms with van der Waals surface area (Å²) in [7, 11) is 1.55. The van der Waals surface area contributed by atoms with Gasteiger partial charge >= 0.3 is 0 Å². The van der Waals surface area contributed by atoms with E-state index in [9.17, 15) is 4.79 Å². The van der Waals surface area contributed by atoms with Gasteiger partial charge in [-0.25, -0.2) is 0 Å². The van der Waals surface area contributed by atoms with Crippen molar-refractivity contribution in [3.05, 3.63) is 96.1 Å². The fourth-order valence-electron chi connectivity index (χ4n) is 3.25. The van der Waals surface area contributed by atoms with Gasteiger partial charge in [-0.05, 0) is 35.5 Å². The van der Waals surface area contributed by atoms with Gasteiger partial charge in [-0.15, -0.1) is 0 Å². The molecule has 0 aliphatic rings. The van der Waals surface area contributed by atoms with Gasteiger partial charge in [-0.2, -0.15) is 0 Å². The second-order valence-corrected chi connectivity index (χ2v) is 9.81. The van der Waals surface area contributed by atoms with Crippen LogP contribution >= 0.6 is 47.0 Å². The molecule has 3 N–H and O–H groups in total. The normalized spacial score (nSPS) is 12.0. The number of rotatable bonds is 7. The zero-order valence-electron chi connectivity index (χ0n) is 17.6. The number of amides is 1. The Morgan fingerprint density at radius 2 is 1.36 bits per heavy atom. The molecule has 0 saturated carbocycles. The van der Waals surface area contributed by atoms with Crippen LogP contribution in [-0.4, -0.2) is 28.1 Å². The number of para-hydroxylation sites is 2. The molecule has 33 heavy (non-hydrogen) atoms. The molecule has 0 heterocycles. The first-order valence-corrected chi connectivity index (χ1v) is 11.5. The Kier molecular flexibility index (Phi) is 8.80. The zero-order valence-corrected chi connectivity index (χ0v) is 20.7. The van der Waals surface area contributed by atoms with Crippen molar-refractivity contribution in [3.63, 3.8) is 0 Å². The maximum Gasteiger partial charge on any atom is 0.233 e. The number of hydrogen-bond acceptors (Lipinski definition) is 3. The largest absolute Gasteiger partial charge is 0.495 e. The summed E-state index contributed by atoms with van der Waals surface area (Å²) in [5.41, 5.74) is 2.23. The number of halogens is 3. The molecule has 0 saturated heterocycles. The number of alkyl halides is 3. The predicted molar refractivity (Wildman–Crippen MR) is 139 cm³/mol. The second-order valence-electron chi connectivity index (χ2n) is 7.04. The van der Waals surface area contributed by atoms with Crippen LogP contribution in [0.3, 0.4) is 0 Å². The Morgan fingerprint density at radius 3 is 1.88 bits per heavy atom. The van der Waals surface area contributed by atoms with Crippen LogP contribution in [0.5, 0.6) is 5.75 Å². The van der Waals surface area contributed by atoms with Gasteiger partial charge in [0.15, 0.2) is 5.11 Å². The Balaban J connectivity index is 1.81. The minimum Gasteiger partial charge on any atom is -0.495 e. The Labute approximate surface area is 213 Å². The summed E-state index contributed by atoms with van der Waals surface area (Å²) in [4.78, 5) is 13.4. The smallest absolute Gasteiger partial charge is 0.233 e. The first-order chi connectivity index (χ1) is 15.8. The van der Waals surface area contributed by atoms with Gasteiger partial charge in [0.25, 0.3) is 0 Å². The highest BCUT2D eigenvalue weighted by atomic mass is 35.6. The van der Waals surface area contributed by atoms with Crippen molar-refractivity contribution in [2.24, 2.45) is 0 Å². The average molecular weight is 523 g/mol. The van der Waals surface area contributed by atoms with Gasteiger partial charge in [0, 0.05) is 0 Å². The third-order valence-electron chi connectivity index (χ3n) is 4.77. The van der Waals surface area contributed by atoms with Crippen molar-refractivity contribution in [2.45, 2.75) is 15.9 Å². The van der Waals surface area contributed by atoms with Crippen molar-refractivity contribution in [1.82, 2.24) is 10.6 Å². The second kappa shape index (κ2) is 11.6. The van der Waals surface area contributed by atoms with E-state index in [0.717, 1.165) is 11.1 Å². The number of methoxy groups -OCH3 is 1. The maximum absolute atomic E-state index is 13.4. The molecule has 172 valence electrons. The molecule has 3 aromatic carbocycles. The van der Waals surface area contributed by atoms with E-state index in [-0.39, 0.29) is 11.0 Å². The highest BCUT2D eigenvalue weighted by Crippen LogP contribution is 2.31. The summed E-state index contributed by atoms with van der Waals surface area (Å²) >= 11 is 24.0. The van der Waals surface area contributed by atoms with Gasteiger partial charge in [0.1, 0.15) is 11.9 Å². The number of anilines is 1. The van der Waals surface area contributed by atoms with Crippen LogP contribution < -0.4 is 20.7 Å². The van der Waals surface area contributed by atoms with Crippen LogP contribution in [0, 0.1) is 0 Å². The molecule has 5 nitrogen and oxygen atoms in total. The minimum atomic E-state index is -1.89. The van der Waals surface area contributed by atoms with E-state index in [1.165, 1.54) is 0 Å². The summed E-state index contributed by atoms with van der Waals surface area (Å²) in [6.07, 6.45) is -1.11. The quantitative estimate of drug-likeness (QED) is 0.213. The Bertz CT molecular complexity index is 1040. The van der Waals surface area contributed by atoms with E-state index in [1.54, 1.807) is 19.2 Å². The summed E-state index contributed by atoms with van der Waals surface area (Å²) in [5.74, 6) is -0.375. The molecular formula is C24H22Cl3N3O2S. The Morgan fingerprint density at radius 1 is 0.848 bits per heavy atom. The van der Waals surface area contributed by atoms with E-state index >= 15 is 0 Å². The van der Waals surface area contributed by atoms with Gasteiger partial charge in [0.2, 0.25) is 9.70 Å². The van der Waals surface area contributed by atoms with E-state index < -0.39 is 15.9 Å². The van der Waals surface area contributed by atoms with Crippen LogP contribution in [0.2, 0.25) is 0 Å². The fourth-order valence-corrected chi connectivity index (χ4v) is 3.80. The van der Waals surface area contributed by atoms with Gasteiger partial charge in [-0.3, -0.25) is 4.79 Å². The van der Waals surface area contributed by atoms with Crippen molar-refractivity contribution >= 4 is 63.7 Å². The summed E-state index contributed by atoms with van der Waals surface area (Å²) in [6, 6.07) is 26.0. The van der Waals surface area contributed by atoms with Crippen molar-refractivity contribution < 1.29 is 9.53 Å². The summed E-state index contributed by atoms with van der Waals surface area (Å²) < 4.78 is 3.43. The molecule has 9 heteroatoms. The first kappa shape index (κ1) is 25.1. The van der Waals surface area contributed by atoms with E-state index in [0.29, 0.717) is 11.4 Å². The lowest BCUT2D eigenvalue weighted by Crippen LogP contribution is -2.57. The van der Waals surface area contributed by atoms with Crippen molar-refractivity contribution in [1.29, 1.82) is 0 Å². The lowest BCUT2D eigenvalue weighted by atomic mass is 9.90. The van der Waals surface area contributed by atoms with Gasteiger partial charge < -0.3 is 20.7 Å². The fraction of sp³-hybridized carbons (Fsp3) is 0.167. The summed E-state index contributed by atoms with van der Waals surface area (Å²) in [5, 5.41) is 8.82. The highest BCUT2D eigenvalue weighted by Gasteiger charge is 2.36. The number of carbonyl (C=O) groups is 1. The van der Waals surface area contributed by atoms with Gasteiger partial charge in [-0.1, -0.05) is 108 Å². The predicted octanol–water partition coefficient (Wildman–Crippen LogP) is 5.63. The summed E-state index contributed by atoms with van der Waals surface area (Å²) in [6.45, 7) is 0. The molecular weight excluding hydrogens is 501 g/mol. The molecule has 1 atom stereocenters. The number of benzene rings is 3. The van der Waals surface area contributed by atoms with Crippen LogP contribution in [0.15, 0.2) is 84.9 Å². The van der Waals surface area contributed by atoms with Crippen LogP contribution in [0.25, 0.3) is 0 Å². The molecule has 0 radical (unpaired) electrons. The van der Waals surface area contributed by atoms with Crippen molar-refractivity contribution in [3.8, 4) is 5.75 Å². The van der Waals surface area contributed by atoms with E-state index in [4.69, 9.17) is 51.8 Å². The van der Waals surface area contributed by atoms with Crippen LogP contribution in [0.1, 0.15) is 17.0 Å². The first-order valence-electron chi connectivity index (χ1n) is 9.97. The maximum atomic E-state index is 13.4. The third-order valence-corrected chi connectivity index (χ3v) is 5.65. The molecule has 0 fully saturated rings. The molecule has 0 aromatic heterocycles. The molecule has 0 unspecified atom stereocenters. The zero-order chi connectivity index (χ0) is 23.8. The van der Waals surface area contributed by atoms with E-state index in [2.05, 4.69) is 16.0 Å². The van der Waals surface area contributed by atoms with Crippen LogP contribution in [-0.2, 0) is 4.79 Å². The van der Waals surface area contributed by atoms with Crippen molar-refractivity contribution in [2.75, 3.05) is 12.4 Å². The molecule has 0 bridgehead atoms. The lowest BCUT2D eigenvalue weighted by molar-refractivity contribution is -0.122. The molecule has 3 rings (SSSR count). The molecule has 3 aromatic rings. The number of thiocarbonyl (C=S) groups is 1. The molecule has 0 aliphatic heterocycles. The molecule has 0 aliphatic carbocycles. The average Bonchev–Trinajstić information content (AvgIpc) is 2.80. The molecule has 0 spiro atoms. The van der Waals surface area contributed by atoms with Gasteiger partial charge in [0.05, 0.1) is 18.7 Å². The molecule has 1 amide bonds. The number of hydrogen-bond donors (Lipinski definition) is 3. The number of carbonyl (C=O) groups excluding carboxylic acids is 1. The SMILES string of the molecule is COc1ccccc1NC(=S)N[C@H](NC(=O)C(c1ccccc1)c1ccccc1)C(Cl)(Cl)Cl. The minimum absolute atomic E-state index is 0.145. The number of nitrogens with one attached hydrogen (secondary N) is 3. The standard InChI is InChI=1S/C24H22Cl3N3O2S/c1-32-19-15-9-8-14-18(19)28-23(33)30-22(24(25,26)27)29-21(31)20(16-10-4-2-5-11-16)17-12-6-3-7-13-17/h2-15,20,22H,1H3,(H,29,31)(H2,28,30,33)/t22-/m0/s1.